The van der Waals surface area contributed by atoms with E-state index >= 15 is 0 Å². The molecule has 0 radical (unpaired) electrons. The summed E-state index contributed by atoms with van der Waals surface area (Å²) in [6, 6.07) is 17.2. The molecule has 3 rings (SSSR count). The molecule has 5 heteroatoms. The molecule has 24 heavy (non-hydrogen) atoms. The first-order valence-corrected chi connectivity index (χ1v) is 10.8. The van der Waals surface area contributed by atoms with E-state index in [4.69, 9.17) is 5.11 Å². The molecule has 0 amide bonds. The van der Waals surface area contributed by atoms with E-state index < -0.39 is 13.5 Å². The molecule has 1 aliphatic rings. The fourth-order valence-electron chi connectivity index (χ4n) is 3.28. The van der Waals surface area contributed by atoms with Crippen LogP contribution in [-0.2, 0) is 6.42 Å². The van der Waals surface area contributed by atoms with Gasteiger partial charge in [0, 0.05) is 0 Å². The first kappa shape index (κ1) is 17.1. The standard InChI is InChI=1S/C19H24NO3P/c21-19(22)17-8-6-16(7-9-17)10-11-20-12-14-24(23,15-13-20)18-4-2-1-3-5-18/h1-9,23-24H,10-15H2,(H,21,22). The summed E-state index contributed by atoms with van der Waals surface area (Å²) < 4.78 is 0. The van der Waals surface area contributed by atoms with Crippen LogP contribution in [0.3, 0.4) is 0 Å². The van der Waals surface area contributed by atoms with Crippen LogP contribution < -0.4 is 5.30 Å². The average Bonchev–Trinajstić information content (AvgIpc) is 2.62. The van der Waals surface area contributed by atoms with Crippen LogP contribution in [0.2, 0.25) is 0 Å². The predicted molar refractivity (Wildman–Crippen MR) is 99.9 cm³/mol. The van der Waals surface area contributed by atoms with E-state index in [-0.39, 0.29) is 0 Å². The second kappa shape index (κ2) is 7.43. The van der Waals surface area contributed by atoms with Crippen LogP contribution in [0.4, 0.5) is 0 Å². The predicted octanol–water partition coefficient (Wildman–Crippen LogP) is 2.23. The third-order valence-electron chi connectivity index (χ3n) is 4.91. The summed E-state index contributed by atoms with van der Waals surface area (Å²) in [4.78, 5) is 24.3. The van der Waals surface area contributed by atoms with Gasteiger partial charge in [0.05, 0.1) is 0 Å². The average molecular weight is 345 g/mol. The molecule has 128 valence electrons. The van der Waals surface area contributed by atoms with Crippen molar-refractivity contribution in [2.45, 2.75) is 6.42 Å². The summed E-state index contributed by atoms with van der Waals surface area (Å²) in [5.41, 5.74) is 1.48. The number of hydrogen-bond donors (Lipinski definition) is 2. The van der Waals surface area contributed by atoms with Gasteiger partial charge in [-0.25, -0.2) is 0 Å². The zero-order chi connectivity index (χ0) is 17.0. The van der Waals surface area contributed by atoms with E-state index in [0.29, 0.717) is 5.56 Å². The molecule has 2 aromatic rings. The molecule has 0 atom stereocenters. The van der Waals surface area contributed by atoms with Gasteiger partial charge in [0.2, 0.25) is 0 Å². The summed E-state index contributed by atoms with van der Waals surface area (Å²) >= 11 is 0. The quantitative estimate of drug-likeness (QED) is 0.816. The van der Waals surface area contributed by atoms with E-state index in [1.165, 1.54) is 0 Å². The topological polar surface area (TPSA) is 60.8 Å². The number of benzene rings is 2. The summed E-state index contributed by atoms with van der Waals surface area (Å²) in [7, 11) is -2.29. The monoisotopic (exact) mass is 345 g/mol. The molecular formula is C19H24NO3P. The fraction of sp³-hybridized carbons (Fsp3) is 0.316. The van der Waals surface area contributed by atoms with Crippen molar-refractivity contribution in [2.24, 2.45) is 0 Å². The number of rotatable bonds is 5. The second-order valence-electron chi connectivity index (χ2n) is 6.49. The van der Waals surface area contributed by atoms with Crippen LogP contribution in [0.5, 0.6) is 0 Å². The molecule has 1 aliphatic heterocycles. The van der Waals surface area contributed by atoms with Crippen molar-refractivity contribution in [3.63, 3.8) is 0 Å². The summed E-state index contributed by atoms with van der Waals surface area (Å²) in [5, 5.41) is 10.1. The summed E-state index contributed by atoms with van der Waals surface area (Å²) in [6.07, 6.45) is 2.68. The van der Waals surface area contributed by atoms with E-state index in [0.717, 1.165) is 49.2 Å². The molecule has 2 aromatic carbocycles. The van der Waals surface area contributed by atoms with Crippen molar-refractivity contribution in [3.05, 3.63) is 65.7 Å². The Kier molecular flexibility index (Phi) is 5.30. The normalized spacial score (nSPS) is 18.9. The van der Waals surface area contributed by atoms with Crippen molar-refractivity contribution in [3.8, 4) is 0 Å². The van der Waals surface area contributed by atoms with Gasteiger partial charge in [-0.15, -0.1) is 0 Å². The minimum absolute atomic E-state index is 0.329. The van der Waals surface area contributed by atoms with Crippen LogP contribution in [0.25, 0.3) is 0 Å². The van der Waals surface area contributed by atoms with Gasteiger partial charge < -0.3 is 0 Å². The number of hydrogen-bond acceptors (Lipinski definition) is 3. The maximum absolute atomic E-state index is 11.0. The zero-order valence-electron chi connectivity index (χ0n) is 13.7. The summed E-state index contributed by atoms with van der Waals surface area (Å²) in [6.45, 7) is 2.82. The third kappa shape index (κ3) is 4.02. The Balaban J connectivity index is 1.51. The Labute approximate surface area is 143 Å². The molecular weight excluding hydrogens is 321 g/mol. The molecule has 2 N–H and O–H groups in total. The maximum atomic E-state index is 11.0. The van der Waals surface area contributed by atoms with Crippen LogP contribution in [-0.4, -0.2) is 52.8 Å². The molecule has 0 bridgehead atoms. The van der Waals surface area contributed by atoms with Gasteiger partial charge >= 0.3 is 143 Å². The van der Waals surface area contributed by atoms with Crippen molar-refractivity contribution in [1.29, 1.82) is 0 Å². The number of carboxylic acid groups (broad SMARTS) is 1. The van der Waals surface area contributed by atoms with Gasteiger partial charge in [0.1, 0.15) is 0 Å². The van der Waals surface area contributed by atoms with Crippen LogP contribution in [0.15, 0.2) is 54.6 Å². The van der Waals surface area contributed by atoms with Crippen molar-refractivity contribution in [2.75, 3.05) is 32.0 Å². The van der Waals surface area contributed by atoms with Crippen LogP contribution in [0, 0.1) is 0 Å². The molecule has 0 aromatic heterocycles. The first-order chi connectivity index (χ1) is 11.6. The van der Waals surface area contributed by atoms with E-state index in [1.54, 1.807) is 12.1 Å². The van der Waals surface area contributed by atoms with E-state index in [2.05, 4.69) is 17.0 Å². The van der Waals surface area contributed by atoms with Gasteiger partial charge in [-0.1, -0.05) is 0 Å². The SMILES string of the molecule is O=C(O)c1ccc(CCN2CC[PH](O)(c3ccccc3)CC2)cc1. The van der Waals surface area contributed by atoms with Crippen molar-refractivity contribution < 1.29 is 14.8 Å². The Morgan fingerprint density at radius 1 is 1.00 bits per heavy atom. The Bertz CT molecular complexity index is 680. The third-order valence-corrected chi connectivity index (χ3v) is 8.42. The molecule has 1 heterocycles. The first-order valence-electron chi connectivity index (χ1n) is 8.39. The van der Waals surface area contributed by atoms with Crippen molar-refractivity contribution in [1.82, 2.24) is 4.90 Å². The molecule has 0 spiro atoms. The van der Waals surface area contributed by atoms with Gasteiger partial charge in [-0.2, -0.15) is 0 Å². The van der Waals surface area contributed by atoms with Gasteiger partial charge in [-0.3, -0.25) is 0 Å². The van der Waals surface area contributed by atoms with E-state index in [9.17, 15) is 9.69 Å². The number of carboxylic acids is 1. The molecule has 1 saturated heterocycles. The van der Waals surface area contributed by atoms with Crippen LogP contribution >= 0.6 is 7.49 Å². The van der Waals surface area contributed by atoms with Gasteiger partial charge in [0.25, 0.3) is 0 Å². The van der Waals surface area contributed by atoms with Gasteiger partial charge in [0.15, 0.2) is 0 Å². The zero-order valence-corrected chi connectivity index (χ0v) is 14.7. The van der Waals surface area contributed by atoms with Crippen LogP contribution in [0.1, 0.15) is 15.9 Å². The molecule has 0 unspecified atom stereocenters. The van der Waals surface area contributed by atoms with Gasteiger partial charge in [-0.05, 0) is 0 Å². The minimum atomic E-state index is -2.29. The molecule has 4 nitrogen and oxygen atoms in total. The molecule has 0 aliphatic carbocycles. The Morgan fingerprint density at radius 2 is 1.62 bits per heavy atom. The number of nitrogens with zero attached hydrogens (tertiary/aromatic N) is 1. The Morgan fingerprint density at radius 3 is 2.21 bits per heavy atom. The number of aromatic carboxylic acids is 1. The Hall–Kier alpha value is -1.74. The molecule has 1 fully saturated rings. The number of carbonyl (C=O) groups is 1. The molecule has 0 saturated carbocycles. The van der Waals surface area contributed by atoms with Crippen molar-refractivity contribution >= 4 is 18.8 Å². The van der Waals surface area contributed by atoms with E-state index in [1.807, 2.05) is 30.3 Å². The summed E-state index contributed by atoms with van der Waals surface area (Å²) in [5.74, 6) is -0.886. The fourth-order valence-corrected chi connectivity index (χ4v) is 6.30. The second-order valence-corrected chi connectivity index (χ2v) is 10.1.